The quantitative estimate of drug-likeness (QED) is 0.171. The van der Waals surface area contributed by atoms with Crippen LogP contribution in [0.2, 0.25) is 0 Å². The molecule has 0 aliphatic carbocycles. The molecule has 3 rings (SSSR count). The maximum Gasteiger partial charge on any atom is 0.342 e. The molecule has 27 heavy (non-hydrogen) atoms. The number of halogens is 1. The van der Waals surface area contributed by atoms with Crippen LogP contribution in [0.3, 0.4) is 0 Å². The van der Waals surface area contributed by atoms with Crippen LogP contribution in [-0.4, -0.2) is 18.4 Å². The first-order valence-electron chi connectivity index (χ1n) is 8.43. The predicted molar refractivity (Wildman–Crippen MR) is 107 cm³/mol. The third kappa shape index (κ3) is 4.63. The van der Waals surface area contributed by atoms with Crippen molar-refractivity contribution >= 4 is 33.8 Å². The van der Waals surface area contributed by atoms with E-state index in [1.807, 2.05) is 30.3 Å². The Bertz CT molecular complexity index is 969. The second kappa shape index (κ2) is 8.64. The number of benzene rings is 2. The lowest BCUT2D eigenvalue weighted by atomic mass is 10.0. The van der Waals surface area contributed by atoms with Crippen molar-refractivity contribution in [1.82, 2.24) is 0 Å². The Morgan fingerprint density at radius 1 is 1.00 bits per heavy atom. The van der Waals surface area contributed by atoms with E-state index < -0.39 is 11.8 Å². The zero-order valence-corrected chi connectivity index (χ0v) is 16.2. The lowest BCUT2D eigenvalue weighted by Gasteiger charge is -2.06. The van der Waals surface area contributed by atoms with E-state index in [1.54, 1.807) is 43.3 Å². The van der Waals surface area contributed by atoms with Crippen molar-refractivity contribution in [2.45, 2.75) is 6.92 Å². The van der Waals surface area contributed by atoms with E-state index in [2.05, 4.69) is 15.9 Å². The van der Waals surface area contributed by atoms with Gasteiger partial charge in [-0.05, 0) is 37.3 Å². The Hall–Kier alpha value is -2.92. The van der Waals surface area contributed by atoms with Crippen molar-refractivity contribution in [2.75, 3.05) is 6.61 Å². The third-order valence-corrected chi connectivity index (χ3v) is 4.35. The number of furan rings is 1. The molecule has 1 heterocycles. The molecule has 0 saturated heterocycles. The molecule has 136 valence electrons. The minimum Gasteiger partial charge on any atom is -0.462 e. The number of Topliss-reactive ketones (excluding diaryl/α,β-unsaturated/α-hetero) is 1. The van der Waals surface area contributed by atoms with Crippen LogP contribution in [0.1, 0.15) is 23.0 Å². The van der Waals surface area contributed by atoms with Gasteiger partial charge < -0.3 is 9.15 Å². The first-order valence-corrected chi connectivity index (χ1v) is 9.22. The van der Waals surface area contributed by atoms with Gasteiger partial charge in [-0.25, -0.2) is 4.79 Å². The number of rotatable bonds is 6. The molecule has 0 unspecified atom stereocenters. The summed E-state index contributed by atoms with van der Waals surface area (Å²) in [5, 5.41) is 0. The van der Waals surface area contributed by atoms with E-state index in [9.17, 15) is 9.59 Å². The summed E-state index contributed by atoms with van der Waals surface area (Å²) < 4.78 is 11.8. The summed E-state index contributed by atoms with van der Waals surface area (Å²) in [6.07, 6.45) is 1.43. The highest BCUT2D eigenvalue weighted by Gasteiger charge is 2.22. The molecule has 0 atom stereocenters. The topological polar surface area (TPSA) is 56.5 Å². The van der Waals surface area contributed by atoms with Gasteiger partial charge in [0.05, 0.1) is 6.61 Å². The third-order valence-electron chi connectivity index (χ3n) is 3.82. The molecule has 0 aliphatic heterocycles. The average Bonchev–Trinajstić information content (AvgIpc) is 3.15. The molecule has 0 saturated carbocycles. The van der Waals surface area contributed by atoms with Gasteiger partial charge in [0.15, 0.2) is 5.78 Å². The normalized spacial score (nSPS) is 11.3. The summed E-state index contributed by atoms with van der Waals surface area (Å²) in [5.74, 6) is -0.0343. The Labute approximate surface area is 165 Å². The molecular weight excluding hydrogens is 408 g/mol. The van der Waals surface area contributed by atoms with Crippen LogP contribution < -0.4 is 0 Å². The molecule has 0 bridgehead atoms. The largest absolute Gasteiger partial charge is 0.462 e. The Morgan fingerprint density at radius 3 is 2.37 bits per heavy atom. The van der Waals surface area contributed by atoms with Gasteiger partial charge in [-0.1, -0.05) is 58.4 Å². The average molecular weight is 425 g/mol. The van der Waals surface area contributed by atoms with Crippen molar-refractivity contribution in [3.8, 4) is 11.3 Å². The molecular formula is C22H17BrO4. The Morgan fingerprint density at radius 2 is 1.70 bits per heavy atom. The summed E-state index contributed by atoms with van der Waals surface area (Å²) in [4.78, 5) is 25.1. The van der Waals surface area contributed by atoms with Crippen LogP contribution in [-0.2, 0) is 9.53 Å². The Balaban J connectivity index is 1.95. The number of carbonyl (C=O) groups excluding carboxylic acids is 2. The smallest absolute Gasteiger partial charge is 0.342 e. The van der Waals surface area contributed by atoms with E-state index in [-0.39, 0.29) is 12.2 Å². The number of esters is 1. The standard InChI is InChI=1S/C22H17BrO4/c1-2-26-22(25)19(21(24)16-6-4-3-5-7-16)14-18-12-13-20(27-18)15-8-10-17(23)11-9-15/h3-14H,2H2,1H3. The summed E-state index contributed by atoms with van der Waals surface area (Å²) in [7, 11) is 0. The van der Waals surface area contributed by atoms with Gasteiger partial charge in [-0.2, -0.15) is 0 Å². The highest BCUT2D eigenvalue weighted by molar-refractivity contribution is 9.10. The number of ketones is 1. The highest BCUT2D eigenvalue weighted by Crippen LogP contribution is 2.25. The number of carbonyl (C=O) groups is 2. The van der Waals surface area contributed by atoms with E-state index in [1.165, 1.54) is 6.08 Å². The molecule has 3 aromatic rings. The SMILES string of the molecule is CCOC(=O)C(=Cc1ccc(-c2ccc(Br)cc2)o1)C(=O)c1ccccc1. The minimum absolute atomic E-state index is 0.0697. The number of ether oxygens (including phenoxy) is 1. The van der Waals surface area contributed by atoms with Crippen molar-refractivity contribution in [3.05, 3.63) is 88.1 Å². The second-order valence-corrected chi connectivity index (χ2v) is 6.60. The first-order chi connectivity index (χ1) is 13.1. The highest BCUT2D eigenvalue weighted by atomic mass is 79.9. The fraction of sp³-hybridized carbons (Fsp3) is 0.0909. The van der Waals surface area contributed by atoms with Crippen LogP contribution in [0.25, 0.3) is 17.4 Å². The monoisotopic (exact) mass is 424 g/mol. The summed E-state index contributed by atoms with van der Waals surface area (Å²) in [6.45, 7) is 1.88. The fourth-order valence-corrected chi connectivity index (χ4v) is 2.78. The predicted octanol–water partition coefficient (Wildman–Crippen LogP) is 5.54. The van der Waals surface area contributed by atoms with Crippen LogP contribution >= 0.6 is 15.9 Å². The van der Waals surface area contributed by atoms with Gasteiger partial charge in [-0.15, -0.1) is 0 Å². The second-order valence-electron chi connectivity index (χ2n) is 5.68. The maximum atomic E-state index is 12.8. The first kappa shape index (κ1) is 18.9. The lowest BCUT2D eigenvalue weighted by Crippen LogP contribution is -2.16. The maximum absolute atomic E-state index is 12.8. The number of hydrogen-bond acceptors (Lipinski definition) is 4. The fourth-order valence-electron chi connectivity index (χ4n) is 2.51. The van der Waals surface area contributed by atoms with E-state index in [0.717, 1.165) is 10.0 Å². The van der Waals surface area contributed by atoms with Gasteiger partial charge in [0, 0.05) is 15.6 Å². The van der Waals surface area contributed by atoms with Crippen molar-refractivity contribution in [3.63, 3.8) is 0 Å². The van der Waals surface area contributed by atoms with E-state index in [0.29, 0.717) is 17.1 Å². The van der Waals surface area contributed by atoms with Gasteiger partial charge in [0.25, 0.3) is 0 Å². The molecule has 5 heteroatoms. The van der Waals surface area contributed by atoms with Crippen LogP contribution in [0.5, 0.6) is 0 Å². The molecule has 0 N–H and O–H groups in total. The minimum atomic E-state index is -0.673. The van der Waals surface area contributed by atoms with Crippen LogP contribution in [0, 0.1) is 0 Å². The molecule has 4 nitrogen and oxygen atoms in total. The van der Waals surface area contributed by atoms with Gasteiger partial charge >= 0.3 is 5.97 Å². The Kier molecular flexibility index (Phi) is 6.04. The van der Waals surface area contributed by atoms with Crippen LogP contribution in [0.15, 0.2) is 81.2 Å². The van der Waals surface area contributed by atoms with Crippen molar-refractivity contribution < 1.29 is 18.7 Å². The molecule has 0 fully saturated rings. The van der Waals surface area contributed by atoms with Crippen molar-refractivity contribution in [1.29, 1.82) is 0 Å². The summed E-state index contributed by atoms with van der Waals surface area (Å²) in [6, 6.07) is 19.8. The van der Waals surface area contributed by atoms with Gasteiger partial charge in [0.1, 0.15) is 17.1 Å². The van der Waals surface area contributed by atoms with Crippen molar-refractivity contribution in [2.24, 2.45) is 0 Å². The number of hydrogen-bond donors (Lipinski definition) is 0. The van der Waals surface area contributed by atoms with Gasteiger partial charge in [-0.3, -0.25) is 4.79 Å². The molecule has 0 radical (unpaired) electrons. The zero-order chi connectivity index (χ0) is 19.2. The summed E-state index contributed by atoms with van der Waals surface area (Å²) >= 11 is 3.40. The van der Waals surface area contributed by atoms with Gasteiger partial charge in [0.2, 0.25) is 0 Å². The van der Waals surface area contributed by atoms with E-state index >= 15 is 0 Å². The summed E-state index contributed by atoms with van der Waals surface area (Å²) in [5.41, 5.74) is 1.24. The molecule has 1 aromatic heterocycles. The molecule has 0 amide bonds. The molecule has 0 aliphatic rings. The zero-order valence-electron chi connectivity index (χ0n) is 14.6. The molecule has 2 aromatic carbocycles. The van der Waals surface area contributed by atoms with Crippen LogP contribution in [0.4, 0.5) is 0 Å². The van der Waals surface area contributed by atoms with E-state index in [4.69, 9.17) is 9.15 Å². The lowest BCUT2D eigenvalue weighted by molar-refractivity contribution is -0.137. The molecule has 0 spiro atoms.